The minimum atomic E-state index is -0.0546. The molecule has 0 heterocycles. The first-order valence-electron chi connectivity index (χ1n) is 7.33. The van der Waals surface area contributed by atoms with E-state index in [0.717, 1.165) is 25.0 Å². The Kier molecular flexibility index (Phi) is 4.69. The smallest absolute Gasteiger partial charge is 0.308 e. The number of carbonyl (C=O) groups excluding carboxylic acids is 1. The summed E-state index contributed by atoms with van der Waals surface area (Å²) < 4.78 is 10.3. The molecular weight excluding hydrogens is 252 g/mol. The molecule has 1 aromatic carbocycles. The van der Waals surface area contributed by atoms with E-state index >= 15 is 0 Å². The van der Waals surface area contributed by atoms with Crippen LogP contribution >= 0.6 is 0 Å². The van der Waals surface area contributed by atoms with Crippen molar-refractivity contribution in [2.45, 2.75) is 39.0 Å². The normalized spacial score (nSPS) is 22.2. The van der Waals surface area contributed by atoms with Crippen molar-refractivity contribution in [1.29, 1.82) is 0 Å². The fraction of sp³-hybridized carbons (Fsp3) is 0.588. The van der Waals surface area contributed by atoms with Crippen LogP contribution in [-0.4, -0.2) is 20.2 Å². The monoisotopic (exact) mass is 276 g/mol. The zero-order chi connectivity index (χ0) is 14.7. The number of rotatable bonds is 6. The molecule has 1 saturated carbocycles. The van der Waals surface area contributed by atoms with Crippen molar-refractivity contribution in [3.63, 3.8) is 0 Å². The Labute approximate surface area is 121 Å². The molecule has 0 radical (unpaired) electrons. The Balaban J connectivity index is 2.09. The Morgan fingerprint density at radius 2 is 2.15 bits per heavy atom. The number of benzene rings is 1. The first kappa shape index (κ1) is 14.9. The van der Waals surface area contributed by atoms with E-state index in [0.29, 0.717) is 11.8 Å². The highest BCUT2D eigenvalue weighted by atomic mass is 16.5. The summed E-state index contributed by atoms with van der Waals surface area (Å²) in [5.74, 6) is 1.94. The van der Waals surface area contributed by atoms with Gasteiger partial charge in [-0.1, -0.05) is 24.6 Å². The van der Waals surface area contributed by atoms with Crippen molar-refractivity contribution >= 4 is 5.97 Å². The van der Waals surface area contributed by atoms with E-state index in [2.05, 4.69) is 26.0 Å². The van der Waals surface area contributed by atoms with Gasteiger partial charge in [-0.15, -0.1) is 0 Å². The number of ether oxygens (including phenoxy) is 2. The van der Waals surface area contributed by atoms with E-state index in [-0.39, 0.29) is 11.9 Å². The summed E-state index contributed by atoms with van der Waals surface area (Å²) in [6, 6.07) is 6.32. The molecule has 2 rings (SSSR count). The lowest BCUT2D eigenvalue weighted by atomic mass is 9.89. The molecule has 0 saturated heterocycles. The van der Waals surface area contributed by atoms with Crippen LogP contribution < -0.4 is 4.74 Å². The van der Waals surface area contributed by atoms with Gasteiger partial charge in [0.15, 0.2) is 0 Å². The molecule has 1 aliphatic rings. The van der Waals surface area contributed by atoms with Gasteiger partial charge in [0, 0.05) is 0 Å². The molecular formula is C17H24O3. The fourth-order valence-electron chi connectivity index (χ4n) is 3.00. The van der Waals surface area contributed by atoms with Gasteiger partial charge >= 0.3 is 5.97 Å². The molecule has 0 aliphatic heterocycles. The molecule has 3 nitrogen and oxygen atoms in total. The first-order chi connectivity index (χ1) is 9.60. The van der Waals surface area contributed by atoms with Gasteiger partial charge in [-0.25, -0.2) is 0 Å². The van der Waals surface area contributed by atoms with E-state index in [1.54, 1.807) is 7.11 Å². The van der Waals surface area contributed by atoms with Crippen molar-refractivity contribution < 1.29 is 14.3 Å². The number of methoxy groups -OCH3 is 2. The Bertz CT molecular complexity index is 481. The quantitative estimate of drug-likeness (QED) is 0.743. The lowest BCUT2D eigenvalue weighted by molar-refractivity contribution is -0.142. The predicted molar refractivity (Wildman–Crippen MR) is 79.0 cm³/mol. The maximum Gasteiger partial charge on any atom is 0.308 e. The molecule has 0 N–H and O–H groups in total. The highest BCUT2D eigenvalue weighted by molar-refractivity contribution is 5.75. The van der Waals surface area contributed by atoms with Gasteiger partial charge in [-0.2, -0.15) is 0 Å². The van der Waals surface area contributed by atoms with Gasteiger partial charge in [-0.3, -0.25) is 4.79 Å². The molecule has 20 heavy (non-hydrogen) atoms. The van der Waals surface area contributed by atoms with Crippen LogP contribution in [0, 0.1) is 18.8 Å². The van der Waals surface area contributed by atoms with Crippen molar-refractivity contribution in [2.24, 2.45) is 11.8 Å². The van der Waals surface area contributed by atoms with E-state index < -0.39 is 0 Å². The van der Waals surface area contributed by atoms with E-state index in [4.69, 9.17) is 9.47 Å². The Morgan fingerprint density at radius 3 is 2.75 bits per heavy atom. The summed E-state index contributed by atoms with van der Waals surface area (Å²) in [5.41, 5.74) is 2.52. The van der Waals surface area contributed by atoms with Crippen molar-refractivity contribution in [1.82, 2.24) is 0 Å². The average molecular weight is 276 g/mol. The van der Waals surface area contributed by atoms with Crippen LogP contribution in [0.1, 0.15) is 43.2 Å². The molecule has 3 heteroatoms. The minimum absolute atomic E-state index is 0.0546. The van der Waals surface area contributed by atoms with Crippen LogP contribution in [0.3, 0.4) is 0 Å². The van der Waals surface area contributed by atoms with Crippen molar-refractivity contribution in [3.8, 4) is 5.75 Å². The second kappa shape index (κ2) is 6.29. The maximum absolute atomic E-state index is 11.5. The summed E-state index contributed by atoms with van der Waals surface area (Å²) in [4.78, 5) is 11.5. The van der Waals surface area contributed by atoms with E-state index in [9.17, 15) is 4.79 Å². The molecule has 0 aromatic heterocycles. The Hall–Kier alpha value is -1.51. The molecule has 3 unspecified atom stereocenters. The number of hydrogen-bond acceptors (Lipinski definition) is 3. The van der Waals surface area contributed by atoms with Crippen LogP contribution in [0.5, 0.6) is 5.75 Å². The molecule has 0 bridgehead atoms. The topological polar surface area (TPSA) is 35.5 Å². The fourth-order valence-corrected chi connectivity index (χ4v) is 3.00. The molecule has 0 amide bonds. The summed E-state index contributed by atoms with van der Waals surface area (Å²) in [6.07, 6.45) is 3.07. The molecule has 1 fully saturated rings. The van der Waals surface area contributed by atoms with Gasteiger partial charge in [0.1, 0.15) is 5.75 Å². The van der Waals surface area contributed by atoms with Crippen molar-refractivity contribution in [2.75, 3.05) is 14.2 Å². The highest BCUT2D eigenvalue weighted by Gasteiger charge is 2.44. The van der Waals surface area contributed by atoms with Crippen LogP contribution in [0.15, 0.2) is 18.2 Å². The van der Waals surface area contributed by atoms with E-state index in [1.165, 1.54) is 18.2 Å². The van der Waals surface area contributed by atoms with Crippen LogP contribution in [-0.2, 0) is 9.53 Å². The minimum Gasteiger partial charge on any atom is -0.496 e. The first-order valence-corrected chi connectivity index (χ1v) is 7.33. The summed E-state index contributed by atoms with van der Waals surface area (Å²) >= 11 is 0. The zero-order valence-corrected chi connectivity index (χ0v) is 12.8. The van der Waals surface area contributed by atoms with Gasteiger partial charge in [0.2, 0.25) is 0 Å². The molecule has 0 spiro atoms. The third-order valence-corrected chi connectivity index (χ3v) is 4.33. The van der Waals surface area contributed by atoms with Gasteiger partial charge in [0.25, 0.3) is 0 Å². The second-order valence-electron chi connectivity index (χ2n) is 5.71. The van der Waals surface area contributed by atoms with Crippen molar-refractivity contribution in [3.05, 3.63) is 29.3 Å². The third-order valence-electron chi connectivity index (χ3n) is 4.33. The van der Waals surface area contributed by atoms with Gasteiger partial charge in [0.05, 0.1) is 20.1 Å². The molecule has 1 aromatic rings. The van der Waals surface area contributed by atoms with E-state index in [1.807, 2.05) is 6.07 Å². The van der Waals surface area contributed by atoms with Crippen LogP contribution in [0.2, 0.25) is 0 Å². The summed E-state index contributed by atoms with van der Waals surface area (Å²) in [6.45, 7) is 4.30. The summed E-state index contributed by atoms with van der Waals surface area (Å²) in [7, 11) is 3.19. The lowest BCUT2D eigenvalue weighted by Crippen LogP contribution is -2.07. The molecule has 3 atom stereocenters. The number of esters is 1. The van der Waals surface area contributed by atoms with Crippen LogP contribution in [0.4, 0.5) is 0 Å². The van der Waals surface area contributed by atoms with Gasteiger partial charge < -0.3 is 9.47 Å². The third kappa shape index (κ3) is 3.14. The number of carbonyl (C=O) groups is 1. The standard InChI is InChI=1S/C17H24O3/c1-5-12(9-13-10-15(13)17(18)20-4)14-8-11(2)6-7-16(14)19-3/h6-8,12-13,15H,5,9-10H2,1-4H3. The molecule has 1 aliphatic carbocycles. The SMILES string of the molecule is CCC(CC1CC1C(=O)OC)c1cc(C)ccc1OC. The lowest BCUT2D eigenvalue weighted by Gasteiger charge is -2.19. The second-order valence-corrected chi connectivity index (χ2v) is 5.71. The number of hydrogen-bond donors (Lipinski definition) is 0. The maximum atomic E-state index is 11.5. The largest absolute Gasteiger partial charge is 0.496 e. The van der Waals surface area contributed by atoms with Gasteiger partial charge in [-0.05, 0) is 49.7 Å². The number of aryl methyl sites for hydroxylation is 1. The highest BCUT2D eigenvalue weighted by Crippen LogP contribution is 2.47. The average Bonchev–Trinajstić information content (AvgIpc) is 3.23. The molecule has 110 valence electrons. The van der Waals surface area contributed by atoms with Crippen LogP contribution in [0.25, 0.3) is 0 Å². The zero-order valence-electron chi connectivity index (χ0n) is 12.8. The predicted octanol–water partition coefficient (Wildman–Crippen LogP) is 3.70. The summed E-state index contributed by atoms with van der Waals surface area (Å²) in [5, 5.41) is 0. The Morgan fingerprint density at radius 1 is 1.40 bits per heavy atom.